The Bertz CT molecular complexity index is 1170. The third-order valence-corrected chi connectivity index (χ3v) is 16.9. The Balaban J connectivity index is 0.000000933. The van der Waals surface area contributed by atoms with E-state index in [1.807, 2.05) is 7.11 Å². The topological polar surface area (TPSA) is 65.1 Å². The number of fused-ring (bicyclic) bond motifs is 2. The fourth-order valence-corrected chi connectivity index (χ4v) is 13.5. The lowest BCUT2D eigenvalue weighted by molar-refractivity contribution is -0.144. The van der Waals surface area contributed by atoms with E-state index in [0.717, 1.165) is 89.4 Å². The zero-order chi connectivity index (χ0) is 51.4. The van der Waals surface area contributed by atoms with Crippen molar-refractivity contribution in [3.8, 4) is 0 Å². The first kappa shape index (κ1) is 66.9. The first-order chi connectivity index (χ1) is 33.9. The lowest BCUT2D eigenvalue weighted by Crippen LogP contribution is -2.47. The van der Waals surface area contributed by atoms with Crippen molar-refractivity contribution in [3.63, 3.8) is 0 Å². The molecule has 4 atom stereocenters. The fourth-order valence-electron chi connectivity index (χ4n) is 13.5. The van der Waals surface area contributed by atoms with Crippen LogP contribution >= 0.6 is 0 Å². The summed E-state index contributed by atoms with van der Waals surface area (Å²) in [6.45, 7) is 23.6. The van der Waals surface area contributed by atoms with E-state index >= 15 is 0 Å². The first-order valence-electron chi connectivity index (χ1n) is 31.5. The smallest absolute Gasteiger partial charge is 0.305 e. The maximum atomic E-state index is 12.5. The van der Waals surface area contributed by atoms with E-state index in [4.69, 9.17) is 14.2 Å². The average Bonchev–Trinajstić information content (AvgIpc) is 3.33. The zero-order valence-electron chi connectivity index (χ0n) is 49.1. The summed E-state index contributed by atoms with van der Waals surface area (Å²) in [7, 11) is 1.81. The summed E-state index contributed by atoms with van der Waals surface area (Å²) < 4.78 is 16.9. The van der Waals surface area contributed by atoms with E-state index in [1.165, 1.54) is 205 Å². The first-order valence-corrected chi connectivity index (χ1v) is 31.5. The van der Waals surface area contributed by atoms with Crippen LogP contribution in [0.3, 0.4) is 0 Å². The molecule has 0 saturated heterocycles. The van der Waals surface area contributed by atoms with Gasteiger partial charge in [-0.2, -0.15) is 0 Å². The Hall–Kier alpha value is -1.14. The van der Waals surface area contributed by atoms with Gasteiger partial charge in [-0.25, -0.2) is 0 Å². The summed E-state index contributed by atoms with van der Waals surface area (Å²) in [6, 6.07) is 0. The Morgan fingerprint density at radius 2 is 0.857 bits per heavy atom. The summed E-state index contributed by atoms with van der Waals surface area (Å²) in [5.41, 5.74) is 0.940. The molecule has 2 aliphatic rings. The van der Waals surface area contributed by atoms with Gasteiger partial charge in [-0.15, -0.1) is 0 Å². The highest BCUT2D eigenvalue weighted by Gasteiger charge is 2.52. The fraction of sp³-hybridized carbons (Fsp3) is 0.969. The van der Waals surface area contributed by atoms with Gasteiger partial charge in [0.25, 0.3) is 0 Å². The van der Waals surface area contributed by atoms with Gasteiger partial charge in [0.2, 0.25) is 0 Å². The molecule has 4 unspecified atom stereocenters. The van der Waals surface area contributed by atoms with Crippen molar-refractivity contribution in [3.05, 3.63) is 0 Å². The van der Waals surface area contributed by atoms with E-state index in [-0.39, 0.29) is 17.4 Å². The summed E-state index contributed by atoms with van der Waals surface area (Å²) >= 11 is 0. The Morgan fingerprint density at radius 1 is 0.457 bits per heavy atom. The number of rotatable bonds is 47. The minimum absolute atomic E-state index is 0.00549. The normalized spacial score (nSPS) is 21.0. The van der Waals surface area contributed by atoms with Gasteiger partial charge in [-0.1, -0.05) is 229 Å². The summed E-state index contributed by atoms with van der Waals surface area (Å²) in [6.07, 6.45) is 54.0. The predicted molar refractivity (Wildman–Crippen MR) is 304 cm³/mol. The van der Waals surface area contributed by atoms with E-state index in [9.17, 15) is 9.59 Å². The van der Waals surface area contributed by atoms with Gasteiger partial charge in [-0.3, -0.25) is 9.59 Å². The van der Waals surface area contributed by atoms with Crippen molar-refractivity contribution in [2.45, 2.75) is 325 Å². The maximum Gasteiger partial charge on any atom is 0.305 e. The molecule has 0 aromatic carbocycles. The molecule has 70 heavy (non-hydrogen) atoms. The predicted octanol–water partition coefficient (Wildman–Crippen LogP) is 19.8. The highest BCUT2D eigenvalue weighted by atomic mass is 16.5. The van der Waals surface area contributed by atoms with Crippen molar-refractivity contribution in [2.24, 2.45) is 28.1 Å². The van der Waals surface area contributed by atoms with Crippen molar-refractivity contribution in [2.75, 3.05) is 46.6 Å². The molecule has 0 aromatic heterocycles. The molecule has 0 aromatic rings. The maximum absolute atomic E-state index is 12.5. The number of methoxy groups -OCH3 is 1. The van der Waals surface area contributed by atoms with Gasteiger partial charge in [0.05, 0.1) is 13.2 Å². The third-order valence-electron chi connectivity index (χ3n) is 16.9. The van der Waals surface area contributed by atoms with Crippen LogP contribution in [0.2, 0.25) is 0 Å². The SMILES string of the molecule is CCCCCCCCCC(CCC)CCCCCCCCC.CCCCCCCCCCCCC(=O)OCCCC12CC(CC(C)(CCCOC)C1)CC(C)(CCCOC(=O)CCCN(CC)CC)C2. The number of ether oxygens (including phenoxy) is 3. The second kappa shape index (κ2) is 44.2. The summed E-state index contributed by atoms with van der Waals surface area (Å²) in [5, 5.41) is 0. The minimum Gasteiger partial charge on any atom is -0.466 e. The zero-order valence-corrected chi connectivity index (χ0v) is 49.1. The second-order valence-electron chi connectivity index (χ2n) is 24.2. The monoisotopic (exact) mass is 988 g/mol. The number of hydrogen-bond acceptors (Lipinski definition) is 6. The quantitative estimate of drug-likeness (QED) is 0.0447. The van der Waals surface area contributed by atoms with E-state index in [1.54, 1.807) is 0 Å². The highest BCUT2D eigenvalue weighted by molar-refractivity contribution is 5.69. The minimum atomic E-state index is -0.0427. The largest absolute Gasteiger partial charge is 0.466 e. The molecule has 2 rings (SSSR count). The number of esters is 2. The molecule has 0 heterocycles. The lowest BCUT2D eigenvalue weighted by Gasteiger charge is -2.58. The number of nitrogens with zero attached hydrogens (tertiary/aromatic N) is 1. The van der Waals surface area contributed by atoms with Gasteiger partial charge < -0.3 is 19.1 Å². The van der Waals surface area contributed by atoms with Crippen LogP contribution < -0.4 is 0 Å². The Kier molecular flexibility index (Phi) is 42.2. The Morgan fingerprint density at radius 3 is 1.29 bits per heavy atom. The van der Waals surface area contributed by atoms with Crippen LogP contribution in [0.1, 0.15) is 325 Å². The van der Waals surface area contributed by atoms with Gasteiger partial charge in [0, 0.05) is 26.6 Å². The van der Waals surface area contributed by atoms with Crippen molar-refractivity contribution in [1.82, 2.24) is 4.90 Å². The molecule has 2 bridgehead atoms. The van der Waals surface area contributed by atoms with Crippen molar-refractivity contribution >= 4 is 11.9 Å². The average molecular weight is 989 g/mol. The number of hydrogen-bond donors (Lipinski definition) is 0. The van der Waals surface area contributed by atoms with Gasteiger partial charge in [0.1, 0.15) is 0 Å². The molecular weight excluding hydrogens is 863 g/mol. The third kappa shape index (κ3) is 35.1. The van der Waals surface area contributed by atoms with E-state index in [2.05, 4.69) is 60.3 Å². The van der Waals surface area contributed by atoms with Crippen LogP contribution in [-0.4, -0.2) is 63.4 Å². The number of carbonyl (C=O) groups excluding carboxylic acids is 2. The molecule has 6 nitrogen and oxygen atoms in total. The molecule has 416 valence electrons. The molecule has 0 radical (unpaired) electrons. The molecule has 6 heteroatoms. The van der Waals surface area contributed by atoms with Crippen LogP contribution in [0.15, 0.2) is 0 Å². The van der Waals surface area contributed by atoms with Crippen molar-refractivity contribution < 1.29 is 23.8 Å². The molecular formula is C64H125NO5. The lowest BCUT2D eigenvalue weighted by atomic mass is 9.47. The van der Waals surface area contributed by atoms with Gasteiger partial charge >= 0.3 is 11.9 Å². The van der Waals surface area contributed by atoms with Crippen LogP contribution in [0.25, 0.3) is 0 Å². The van der Waals surface area contributed by atoms with Gasteiger partial charge in [0.15, 0.2) is 0 Å². The summed E-state index contributed by atoms with van der Waals surface area (Å²) in [5.74, 6) is 1.73. The molecule has 2 saturated carbocycles. The van der Waals surface area contributed by atoms with Crippen LogP contribution in [0.4, 0.5) is 0 Å². The molecule has 0 aliphatic heterocycles. The highest BCUT2D eigenvalue weighted by Crippen LogP contribution is 2.64. The van der Waals surface area contributed by atoms with E-state index < -0.39 is 0 Å². The van der Waals surface area contributed by atoms with Crippen LogP contribution in [-0.2, 0) is 23.8 Å². The number of carbonyl (C=O) groups is 2. The Labute approximate surface area is 438 Å². The van der Waals surface area contributed by atoms with Crippen molar-refractivity contribution in [1.29, 1.82) is 0 Å². The van der Waals surface area contributed by atoms with Crippen LogP contribution in [0, 0.1) is 28.1 Å². The van der Waals surface area contributed by atoms with E-state index in [0.29, 0.717) is 36.9 Å². The summed E-state index contributed by atoms with van der Waals surface area (Å²) in [4.78, 5) is 27.3. The number of unbranched alkanes of at least 4 members (excludes halogenated alkanes) is 21. The second-order valence-corrected chi connectivity index (χ2v) is 24.2. The molecule has 2 fully saturated rings. The molecule has 0 N–H and O–H groups in total. The van der Waals surface area contributed by atoms with Gasteiger partial charge in [-0.05, 0) is 131 Å². The molecule has 2 aliphatic carbocycles. The van der Waals surface area contributed by atoms with Crippen LogP contribution in [0.5, 0.6) is 0 Å². The molecule has 0 amide bonds. The standard InChI is InChI=1S/C42H79NO5.C22H46/c1-7-10-11-12-13-14-15-16-17-18-23-38(44)48-31-22-27-42-34-37(32-40(4,35-42)25-20-29-46-6)33-41(5,36-42)26-21-30-47-39(45)24-19-28-43(8-2)9-3;1-4-7-9-11-13-15-17-20-22(19-6-3)21-18-16-14-12-10-8-5-2/h37H,7-36H2,1-6H3;22H,4-21H2,1-3H3. The molecule has 0 spiro atoms.